The Morgan fingerprint density at radius 3 is 1.24 bits per heavy atom. The van der Waals surface area contributed by atoms with E-state index in [4.69, 9.17) is 4.74 Å². The van der Waals surface area contributed by atoms with Gasteiger partial charge >= 0.3 is 0 Å². The van der Waals surface area contributed by atoms with Crippen LogP contribution >= 0.6 is 0 Å². The molecule has 0 aromatic rings. The number of ether oxygens (including phenoxy) is 1. The molecule has 2 atom stereocenters. The standard InChI is InChI=1S/C18H44N6O/c1-19-13-9-17(21-3,11-15-23(5)6)25-18(22-4,10-14-20-2)12-16-24(7)8/h19-22H,9-16H2,1-8H3. The Bertz CT molecular complexity index is 299. The molecule has 0 amide bonds. The molecule has 0 aromatic carbocycles. The molecule has 0 fully saturated rings. The van der Waals surface area contributed by atoms with Gasteiger partial charge in [0.05, 0.1) is 0 Å². The fourth-order valence-electron chi connectivity index (χ4n) is 2.89. The van der Waals surface area contributed by atoms with Crippen LogP contribution in [0, 0.1) is 0 Å². The van der Waals surface area contributed by atoms with E-state index in [0.717, 1.165) is 51.9 Å². The van der Waals surface area contributed by atoms with Gasteiger partial charge in [0.1, 0.15) is 11.4 Å². The predicted octanol–water partition coefficient (Wildman–Crippen LogP) is -0.0432. The Morgan fingerprint density at radius 2 is 1.00 bits per heavy atom. The van der Waals surface area contributed by atoms with Gasteiger partial charge in [-0.05, 0) is 69.5 Å². The molecule has 7 heteroatoms. The topological polar surface area (TPSA) is 63.8 Å². The van der Waals surface area contributed by atoms with Gasteiger partial charge < -0.3 is 25.2 Å². The second-order valence-electron chi connectivity index (χ2n) is 7.40. The van der Waals surface area contributed by atoms with Crippen molar-refractivity contribution in [1.29, 1.82) is 0 Å². The molecule has 4 N–H and O–H groups in total. The van der Waals surface area contributed by atoms with Crippen molar-refractivity contribution in [3.8, 4) is 0 Å². The highest BCUT2D eigenvalue weighted by atomic mass is 16.6. The van der Waals surface area contributed by atoms with Gasteiger partial charge in [-0.2, -0.15) is 0 Å². The molecule has 2 unspecified atom stereocenters. The van der Waals surface area contributed by atoms with Crippen molar-refractivity contribution in [2.45, 2.75) is 37.1 Å². The highest BCUT2D eigenvalue weighted by molar-refractivity contribution is 4.87. The van der Waals surface area contributed by atoms with E-state index >= 15 is 0 Å². The monoisotopic (exact) mass is 360 g/mol. The molecule has 0 aromatic heterocycles. The van der Waals surface area contributed by atoms with Crippen LogP contribution in [0.1, 0.15) is 25.7 Å². The Hall–Kier alpha value is -0.280. The largest absolute Gasteiger partial charge is 0.340 e. The average molecular weight is 361 g/mol. The summed E-state index contributed by atoms with van der Waals surface area (Å²) in [6.45, 7) is 3.77. The maximum Gasteiger partial charge on any atom is 0.123 e. The zero-order chi connectivity index (χ0) is 19.3. The number of hydrogen-bond acceptors (Lipinski definition) is 7. The number of nitrogens with zero attached hydrogens (tertiary/aromatic N) is 2. The zero-order valence-corrected chi connectivity index (χ0v) is 18.0. The van der Waals surface area contributed by atoms with Crippen LogP contribution in [-0.2, 0) is 4.74 Å². The first kappa shape index (κ1) is 24.7. The molecule has 25 heavy (non-hydrogen) atoms. The van der Waals surface area contributed by atoms with Crippen LogP contribution in [0.2, 0.25) is 0 Å². The Kier molecular flexibility index (Phi) is 12.8. The Balaban J connectivity index is 5.41. The molecule has 0 bridgehead atoms. The third-order valence-electron chi connectivity index (χ3n) is 4.79. The van der Waals surface area contributed by atoms with Crippen LogP contribution in [0.4, 0.5) is 0 Å². The molecule has 152 valence electrons. The van der Waals surface area contributed by atoms with Crippen LogP contribution in [-0.4, -0.2) is 104 Å². The lowest BCUT2D eigenvalue weighted by Crippen LogP contribution is -2.60. The molecule has 0 spiro atoms. The molecule has 0 aliphatic rings. The van der Waals surface area contributed by atoms with Crippen molar-refractivity contribution in [3.63, 3.8) is 0 Å². The van der Waals surface area contributed by atoms with Gasteiger partial charge in [0.15, 0.2) is 0 Å². The molecule has 0 saturated heterocycles. The summed E-state index contributed by atoms with van der Waals surface area (Å²) in [5.74, 6) is 0. The van der Waals surface area contributed by atoms with Crippen LogP contribution < -0.4 is 21.3 Å². The molecule has 0 aliphatic heterocycles. The van der Waals surface area contributed by atoms with Crippen LogP contribution in [0.15, 0.2) is 0 Å². The van der Waals surface area contributed by atoms with Gasteiger partial charge in [-0.3, -0.25) is 10.6 Å². The molecular weight excluding hydrogens is 316 g/mol. The SMILES string of the molecule is CNCCC(CCN(C)C)(NC)OC(CCNC)(CCN(C)C)NC. The minimum atomic E-state index is -0.365. The molecular formula is C18H44N6O. The van der Waals surface area contributed by atoms with Gasteiger partial charge in [-0.25, -0.2) is 0 Å². The van der Waals surface area contributed by atoms with E-state index in [1.165, 1.54) is 0 Å². The first-order chi connectivity index (χ1) is 11.8. The summed E-state index contributed by atoms with van der Waals surface area (Å²) >= 11 is 0. The highest BCUT2D eigenvalue weighted by Crippen LogP contribution is 2.28. The lowest BCUT2D eigenvalue weighted by atomic mass is 10.00. The van der Waals surface area contributed by atoms with Crippen molar-refractivity contribution in [3.05, 3.63) is 0 Å². The minimum Gasteiger partial charge on any atom is -0.340 e. The van der Waals surface area contributed by atoms with Gasteiger partial charge in [0.25, 0.3) is 0 Å². The van der Waals surface area contributed by atoms with E-state index in [0.29, 0.717) is 0 Å². The molecule has 7 nitrogen and oxygen atoms in total. The van der Waals surface area contributed by atoms with Crippen LogP contribution in [0.3, 0.4) is 0 Å². The fraction of sp³-hybridized carbons (Fsp3) is 1.00. The molecule has 0 radical (unpaired) electrons. The third-order valence-corrected chi connectivity index (χ3v) is 4.79. The van der Waals surface area contributed by atoms with Crippen molar-refractivity contribution in [1.82, 2.24) is 31.1 Å². The molecule has 0 saturated carbocycles. The quantitative estimate of drug-likeness (QED) is 0.288. The lowest BCUT2D eigenvalue weighted by molar-refractivity contribution is -0.197. The summed E-state index contributed by atoms with van der Waals surface area (Å²) in [6.07, 6.45) is 3.70. The van der Waals surface area contributed by atoms with Gasteiger partial charge in [-0.1, -0.05) is 0 Å². The van der Waals surface area contributed by atoms with E-state index < -0.39 is 0 Å². The summed E-state index contributed by atoms with van der Waals surface area (Å²) in [4.78, 5) is 4.42. The van der Waals surface area contributed by atoms with Crippen molar-refractivity contribution in [2.75, 3.05) is 82.6 Å². The van der Waals surface area contributed by atoms with Crippen molar-refractivity contribution < 1.29 is 4.74 Å². The zero-order valence-electron chi connectivity index (χ0n) is 18.0. The van der Waals surface area contributed by atoms with E-state index in [2.05, 4.69) is 59.3 Å². The summed E-state index contributed by atoms with van der Waals surface area (Å²) < 4.78 is 6.87. The summed E-state index contributed by atoms with van der Waals surface area (Å²) in [5.41, 5.74) is -0.729. The van der Waals surface area contributed by atoms with E-state index in [9.17, 15) is 0 Å². The van der Waals surface area contributed by atoms with Gasteiger partial charge in [-0.15, -0.1) is 0 Å². The normalized spacial score (nSPS) is 17.0. The highest BCUT2D eigenvalue weighted by Gasteiger charge is 2.39. The Morgan fingerprint density at radius 1 is 0.640 bits per heavy atom. The smallest absolute Gasteiger partial charge is 0.123 e. The first-order valence-corrected chi connectivity index (χ1v) is 9.45. The average Bonchev–Trinajstić information content (AvgIpc) is 2.59. The molecule has 0 rings (SSSR count). The fourth-order valence-corrected chi connectivity index (χ4v) is 2.89. The lowest BCUT2D eigenvalue weighted by Gasteiger charge is -2.45. The minimum absolute atomic E-state index is 0.365. The van der Waals surface area contributed by atoms with Crippen LogP contribution in [0.5, 0.6) is 0 Å². The van der Waals surface area contributed by atoms with Crippen LogP contribution in [0.25, 0.3) is 0 Å². The van der Waals surface area contributed by atoms with E-state index in [1.54, 1.807) is 0 Å². The van der Waals surface area contributed by atoms with Gasteiger partial charge in [0.2, 0.25) is 0 Å². The van der Waals surface area contributed by atoms with Crippen molar-refractivity contribution in [2.24, 2.45) is 0 Å². The Labute approximate surface area is 156 Å². The predicted molar refractivity (Wildman–Crippen MR) is 108 cm³/mol. The first-order valence-electron chi connectivity index (χ1n) is 9.45. The van der Waals surface area contributed by atoms with E-state index in [-0.39, 0.29) is 11.4 Å². The number of rotatable bonds is 16. The number of nitrogens with one attached hydrogen (secondary N) is 4. The van der Waals surface area contributed by atoms with E-state index in [1.807, 2.05) is 28.2 Å². The number of hydrogen-bond donors (Lipinski definition) is 4. The molecule has 0 heterocycles. The summed E-state index contributed by atoms with van der Waals surface area (Å²) in [7, 11) is 16.4. The van der Waals surface area contributed by atoms with Gasteiger partial charge in [0, 0.05) is 38.8 Å². The molecule has 0 aliphatic carbocycles. The maximum absolute atomic E-state index is 6.87. The summed E-state index contributed by atoms with van der Waals surface area (Å²) in [6, 6.07) is 0. The summed E-state index contributed by atoms with van der Waals surface area (Å²) in [5, 5.41) is 13.5. The second-order valence-corrected chi connectivity index (χ2v) is 7.40. The maximum atomic E-state index is 6.87. The van der Waals surface area contributed by atoms with Crippen molar-refractivity contribution >= 4 is 0 Å². The third kappa shape index (κ3) is 9.84. The second kappa shape index (κ2) is 13.0.